The van der Waals surface area contributed by atoms with Crippen molar-refractivity contribution in [1.82, 2.24) is 10.3 Å². The first-order valence-corrected chi connectivity index (χ1v) is 5.50. The topological polar surface area (TPSA) is 68.3 Å². The molecule has 0 saturated heterocycles. The van der Waals surface area contributed by atoms with Gasteiger partial charge in [-0.15, -0.1) is 0 Å². The second-order valence-electron chi connectivity index (χ2n) is 3.48. The SMILES string of the molecule is CCOC(=O)CCNC(=O)c1ncccc1C. The number of carbonyl (C=O) groups excluding carboxylic acids is 2. The third-order valence-corrected chi connectivity index (χ3v) is 2.14. The van der Waals surface area contributed by atoms with E-state index in [2.05, 4.69) is 10.3 Å². The predicted octanol–water partition coefficient (Wildman–Crippen LogP) is 1.07. The lowest BCUT2D eigenvalue weighted by atomic mass is 10.2. The van der Waals surface area contributed by atoms with Gasteiger partial charge in [-0.05, 0) is 25.5 Å². The van der Waals surface area contributed by atoms with Crippen molar-refractivity contribution in [1.29, 1.82) is 0 Å². The molecule has 0 aliphatic carbocycles. The largest absolute Gasteiger partial charge is 0.466 e. The molecule has 0 saturated carbocycles. The summed E-state index contributed by atoms with van der Waals surface area (Å²) in [6.07, 6.45) is 1.73. The quantitative estimate of drug-likeness (QED) is 0.776. The van der Waals surface area contributed by atoms with E-state index in [1.54, 1.807) is 19.2 Å². The molecule has 1 aromatic heterocycles. The van der Waals surface area contributed by atoms with Gasteiger partial charge in [-0.1, -0.05) is 6.07 Å². The van der Waals surface area contributed by atoms with Gasteiger partial charge in [0.1, 0.15) is 5.69 Å². The van der Waals surface area contributed by atoms with Crippen LogP contribution < -0.4 is 5.32 Å². The molecule has 0 bridgehead atoms. The van der Waals surface area contributed by atoms with Crippen molar-refractivity contribution in [2.75, 3.05) is 13.2 Å². The number of aryl methyl sites for hydroxylation is 1. The van der Waals surface area contributed by atoms with Gasteiger partial charge in [0.05, 0.1) is 13.0 Å². The zero-order valence-electron chi connectivity index (χ0n) is 10.0. The maximum absolute atomic E-state index is 11.7. The normalized spacial score (nSPS) is 9.76. The molecule has 0 fully saturated rings. The highest BCUT2D eigenvalue weighted by atomic mass is 16.5. The van der Waals surface area contributed by atoms with E-state index in [-0.39, 0.29) is 24.8 Å². The first-order chi connectivity index (χ1) is 8.15. The van der Waals surface area contributed by atoms with E-state index in [0.29, 0.717) is 12.3 Å². The fraction of sp³-hybridized carbons (Fsp3) is 0.417. The molecule has 1 aromatic rings. The number of nitrogens with one attached hydrogen (secondary N) is 1. The third kappa shape index (κ3) is 4.22. The minimum Gasteiger partial charge on any atom is -0.466 e. The summed E-state index contributed by atoms with van der Waals surface area (Å²) in [5, 5.41) is 2.63. The molecule has 0 aliphatic heterocycles. The van der Waals surface area contributed by atoms with E-state index in [9.17, 15) is 9.59 Å². The Balaban J connectivity index is 2.41. The lowest BCUT2D eigenvalue weighted by Crippen LogP contribution is -2.27. The van der Waals surface area contributed by atoms with Gasteiger partial charge in [0.2, 0.25) is 0 Å². The van der Waals surface area contributed by atoms with Crippen LogP contribution in [0.4, 0.5) is 0 Å². The van der Waals surface area contributed by atoms with E-state index in [1.807, 2.05) is 13.0 Å². The number of ether oxygens (including phenoxy) is 1. The average molecular weight is 236 g/mol. The summed E-state index contributed by atoms with van der Waals surface area (Å²) in [6.45, 7) is 4.17. The van der Waals surface area contributed by atoms with Gasteiger partial charge in [-0.25, -0.2) is 0 Å². The Labute approximate surface area is 100 Å². The van der Waals surface area contributed by atoms with Gasteiger partial charge >= 0.3 is 5.97 Å². The lowest BCUT2D eigenvalue weighted by Gasteiger charge is -2.06. The summed E-state index contributed by atoms with van der Waals surface area (Å²) >= 11 is 0. The van der Waals surface area contributed by atoms with Gasteiger partial charge in [-0.3, -0.25) is 14.6 Å². The Hall–Kier alpha value is -1.91. The molecule has 92 valence electrons. The van der Waals surface area contributed by atoms with E-state index >= 15 is 0 Å². The fourth-order valence-electron chi connectivity index (χ4n) is 1.32. The van der Waals surface area contributed by atoms with Crippen LogP contribution in [0.25, 0.3) is 0 Å². The number of amides is 1. The highest BCUT2D eigenvalue weighted by molar-refractivity contribution is 5.93. The van der Waals surface area contributed by atoms with Crippen LogP contribution in [-0.2, 0) is 9.53 Å². The van der Waals surface area contributed by atoms with Crippen molar-refractivity contribution in [3.05, 3.63) is 29.6 Å². The van der Waals surface area contributed by atoms with E-state index in [4.69, 9.17) is 4.74 Å². The van der Waals surface area contributed by atoms with Gasteiger partial charge in [-0.2, -0.15) is 0 Å². The summed E-state index contributed by atoms with van der Waals surface area (Å²) in [5.41, 5.74) is 1.19. The van der Waals surface area contributed by atoms with Crippen molar-refractivity contribution < 1.29 is 14.3 Å². The molecular weight excluding hydrogens is 220 g/mol. The number of nitrogens with zero attached hydrogens (tertiary/aromatic N) is 1. The summed E-state index contributed by atoms with van der Waals surface area (Å²) in [4.78, 5) is 26.7. The Morgan fingerprint density at radius 2 is 2.24 bits per heavy atom. The summed E-state index contributed by atoms with van der Waals surface area (Å²) in [6, 6.07) is 3.58. The van der Waals surface area contributed by atoms with Crippen molar-refractivity contribution in [3.63, 3.8) is 0 Å². The minimum atomic E-state index is -0.314. The maximum atomic E-state index is 11.7. The first-order valence-electron chi connectivity index (χ1n) is 5.50. The number of carbonyl (C=O) groups is 2. The van der Waals surface area contributed by atoms with Crippen LogP contribution in [0.2, 0.25) is 0 Å². The van der Waals surface area contributed by atoms with Crippen LogP contribution in [0.1, 0.15) is 29.4 Å². The molecule has 0 atom stereocenters. The van der Waals surface area contributed by atoms with E-state index < -0.39 is 0 Å². The summed E-state index contributed by atoms with van der Waals surface area (Å²) in [7, 11) is 0. The van der Waals surface area contributed by atoms with Gasteiger partial charge in [0, 0.05) is 12.7 Å². The Morgan fingerprint density at radius 1 is 1.47 bits per heavy atom. The standard InChI is InChI=1S/C12H16N2O3/c1-3-17-10(15)6-8-14-12(16)11-9(2)5-4-7-13-11/h4-5,7H,3,6,8H2,1-2H3,(H,14,16). The molecule has 17 heavy (non-hydrogen) atoms. The fourth-order valence-corrected chi connectivity index (χ4v) is 1.32. The van der Waals surface area contributed by atoms with Gasteiger partial charge < -0.3 is 10.1 Å². The Bertz CT molecular complexity index is 404. The molecular formula is C12H16N2O3. The predicted molar refractivity (Wildman–Crippen MR) is 62.6 cm³/mol. The molecule has 1 N–H and O–H groups in total. The Kier molecular flexibility index (Phi) is 5.13. The smallest absolute Gasteiger partial charge is 0.307 e. The maximum Gasteiger partial charge on any atom is 0.307 e. The van der Waals surface area contributed by atoms with Gasteiger partial charge in [0.15, 0.2) is 0 Å². The number of hydrogen-bond donors (Lipinski definition) is 1. The summed E-state index contributed by atoms with van der Waals surface area (Å²) < 4.78 is 4.75. The van der Waals surface area contributed by atoms with Gasteiger partial charge in [0.25, 0.3) is 5.91 Å². The molecule has 0 aromatic carbocycles. The summed E-state index contributed by atoms with van der Waals surface area (Å²) in [5.74, 6) is -0.585. The number of rotatable bonds is 5. The van der Waals surface area contributed by atoms with Crippen LogP contribution >= 0.6 is 0 Å². The molecule has 0 aliphatic rings. The highest BCUT2D eigenvalue weighted by Gasteiger charge is 2.10. The number of pyridine rings is 1. The second kappa shape index (κ2) is 6.62. The minimum absolute atomic E-state index is 0.172. The average Bonchev–Trinajstić information content (AvgIpc) is 2.29. The molecule has 5 heteroatoms. The molecule has 1 rings (SSSR count). The van der Waals surface area contributed by atoms with Crippen molar-refractivity contribution in [2.45, 2.75) is 20.3 Å². The molecule has 0 radical (unpaired) electrons. The third-order valence-electron chi connectivity index (χ3n) is 2.14. The number of hydrogen-bond acceptors (Lipinski definition) is 4. The van der Waals surface area contributed by atoms with Crippen molar-refractivity contribution >= 4 is 11.9 Å². The second-order valence-corrected chi connectivity index (χ2v) is 3.48. The molecule has 0 unspecified atom stereocenters. The van der Waals surface area contributed by atoms with Crippen LogP contribution in [0.15, 0.2) is 18.3 Å². The number of aromatic nitrogens is 1. The zero-order chi connectivity index (χ0) is 12.7. The lowest BCUT2D eigenvalue weighted by molar-refractivity contribution is -0.142. The molecule has 5 nitrogen and oxygen atoms in total. The highest BCUT2D eigenvalue weighted by Crippen LogP contribution is 2.02. The molecule has 1 heterocycles. The molecule has 1 amide bonds. The van der Waals surface area contributed by atoms with E-state index in [0.717, 1.165) is 5.56 Å². The van der Waals surface area contributed by atoms with Crippen LogP contribution in [0, 0.1) is 6.92 Å². The Morgan fingerprint density at radius 3 is 2.88 bits per heavy atom. The monoisotopic (exact) mass is 236 g/mol. The van der Waals surface area contributed by atoms with Crippen LogP contribution in [0.3, 0.4) is 0 Å². The van der Waals surface area contributed by atoms with E-state index in [1.165, 1.54) is 0 Å². The zero-order valence-corrected chi connectivity index (χ0v) is 10.0. The first kappa shape index (κ1) is 13.2. The molecule has 0 spiro atoms. The van der Waals surface area contributed by atoms with Crippen molar-refractivity contribution in [2.24, 2.45) is 0 Å². The van der Waals surface area contributed by atoms with Crippen molar-refractivity contribution in [3.8, 4) is 0 Å². The van der Waals surface area contributed by atoms with Crippen LogP contribution in [-0.4, -0.2) is 30.0 Å². The number of esters is 1. The van der Waals surface area contributed by atoms with Crippen LogP contribution in [0.5, 0.6) is 0 Å².